The van der Waals surface area contributed by atoms with Gasteiger partial charge in [0.1, 0.15) is 0 Å². The second kappa shape index (κ2) is 7.77. The van der Waals surface area contributed by atoms with Crippen LogP contribution in [0.2, 0.25) is 0 Å². The Morgan fingerprint density at radius 1 is 1.08 bits per heavy atom. The fraction of sp³-hybridized carbons (Fsp3) is 0.200. The number of amides is 1. The molecule has 0 unspecified atom stereocenters. The second-order valence-corrected chi connectivity index (χ2v) is 5.84. The van der Waals surface area contributed by atoms with Crippen molar-refractivity contribution >= 4 is 5.91 Å². The zero-order valence-corrected chi connectivity index (χ0v) is 14.2. The van der Waals surface area contributed by atoms with E-state index in [2.05, 4.69) is 5.10 Å². The van der Waals surface area contributed by atoms with Crippen LogP contribution in [-0.4, -0.2) is 38.8 Å². The largest absolute Gasteiger partial charge is 0.395 e. The van der Waals surface area contributed by atoms with Crippen molar-refractivity contribution in [3.05, 3.63) is 83.7 Å². The first-order valence-electron chi connectivity index (χ1n) is 8.25. The Morgan fingerprint density at radius 2 is 1.72 bits per heavy atom. The normalized spacial score (nSPS) is 10.6. The van der Waals surface area contributed by atoms with Crippen LogP contribution in [0.3, 0.4) is 0 Å². The summed E-state index contributed by atoms with van der Waals surface area (Å²) in [5.74, 6) is -0.127. The average Bonchev–Trinajstić information content (AvgIpc) is 3.04. The summed E-state index contributed by atoms with van der Waals surface area (Å²) in [7, 11) is 0. The molecule has 0 bridgehead atoms. The third-order valence-corrected chi connectivity index (χ3v) is 4.02. The molecule has 5 heteroatoms. The molecule has 0 spiro atoms. The lowest BCUT2D eigenvalue weighted by Crippen LogP contribution is -2.33. The van der Waals surface area contributed by atoms with Crippen LogP contribution in [0.15, 0.2) is 66.9 Å². The topological polar surface area (TPSA) is 58.4 Å². The maximum absolute atomic E-state index is 13.0. The SMILES string of the molecule is Cc1nn(-c2ccccc2)cc1C(=O)N(CCO)Cc1ccccc1. The Morgan fingerprint density at radius 3 is 2.36 bits per heavy atom. The second-order valence-electron chi connectivity index (χ2n) is 5.84. The van der Waals surface area contributed by atoms with Crippen LogP contribution in [0.25, 0.3) is 5.69 Å². The summed E-state index contributed by atoms with van der Waals surface area (Å²) in [5.41, 5.74) is 3.15. The molecule has 1 amide bonds. The van der Waals surface area contributed by atoms with Crippen molar-refractivity contribution in [2.24, 2.45) is 0 Å². The van der Waals surface area contributed by atoms with E-state index in [1.54, 1.807) is 15.8 Å². The summed E-state index contributed by atoms with van der Waals surface area (Å²) in [6.45, 7) is 2.48. The number of aliphatic hydroxyl groups is 1. The third-order valence-electron chi connectivity index (χ3n) is 4.02. The lowest BCUT2D eigenvalue weighted by molar-refractivity contribution is 0.0707. The number of carbonyl (C=O) groups is 1. The smallest absolute Gasteiger partial charge is 0.257 e. The highest BCUT2D eigenvalue weighted by Crippen LogP contribution is 2.15. The minimum Gasteiger partial charge on any atom is -0.395 e. The van der Waals surface area contributed by atoms with Crippen molar-refractivity contribution in [1.82, 2.24) is 14.7 Å². The molecule has 0 saturated carbocycles. The van der Waals surface area contributed by atoms with Crippen LogP contribution < -0.4 is 0 Å². The number of aryl methyl sites for hydroxylation is 1. The molecule has 3 rings (SSSR count). The predicted molar refractivity (Wildman–Crippen MR) is 96.6 cm³/mol. The third kappa shape index (κ3) is 3.95. The minimum absolute atomic E-state index is 0.0789. The van der Waals surface area contributed by atoms with Gasteiger partial charge in [-0.05, 0) is 24.6 Å². The molecule has 5 nitrogen and oxygen atoms in total. The summed E-state index contributed by atoms with van der Waals surface area (Å²) in [5, 5.41) is 13.8. The summed E-state index contributed by atoms with van der Waals surface area (Å²) in [4.78, 5) is 14.6. The molecule has 0 fully saturated rings. The van der Waals surface area contributed by atoms with Crippen LogP contribution in [0, 0.1) is 6.92 Å². The van der Waals surface area contributed by atoms with Gasteiger partial charge in [-0.25, -0.2) is 4.68 Å². The summed E-state index contributed by atoms with van der Waals surface area (Å²) < 4.78 is 1.71. The van der Waals surface area contributed by atoms with Crippen molar-refractivity contribution in [2.75, 3.05) is 13.2 Å². The Hall–Kier alpha value is -2.92. The van der Waals surface area contributed by atoms with Gasteiger partial charge in [-0.15, -0.1) is 0 Å². The Labute approximate surface area is 147 Å². The van der Waals surface area contributed by atoms with E-state index in [1.165, 1.54) is 0 Å². The number of para-hydroxylation sites is 1. The van der Waals surface area contributed by atoms with Gasteiger partial charge in [0.05, 0.1) is 23.6 Å². The molecule has 0 aliphatic heterocycles. The molecule has 1 heterocycles. The minimum atomic E-state index is -0.127. The summed E-state index contributed by atoms with van der Waals surface area (Å²) in [6, 6.07) is 19.4. The lowest BCUT2D eigenvalue weighted by atomic mass is 10.2. The van der Waals surface area contributed by atoms with Gasteiger partial charge in [0.2, 0.25) is 0 Å². The highest BCUT2D eigenvalue weighted by Gasteiger charge is 2.20. The van der Waals surface area contributed by atoms with Crippen LogP contribution in [0.5, 0.6) is 0 Å². The first-order chi connectivity index (χ1) is 12.2. The van der Waals surface area contributed by atoms with Crippen molar-refractivity contribution in [1.29, 1.82) is 0 Å². The monoisotopic (exact) mass is 335 g/mol. The van der Waals surface area contributed by atoms with Gasteiger partial charge in [0.15, 0.2) is 0 Å². The van der Waals surface area contributed by atoms with Crippen LogP contribution in [0.4, 0.5) is 0 Å². The highest BCUT2D eigenvalue weighted by molar-refractivity contribution is 5.95. The number of nitrogens with zero attached hydrogens (tertiary/aromatic N) is 3. The van der Waals surface area contributed by atoms with Gasteiger partial charge in [-0.2, -0.15) is 5.10 Å². The molecular weight excluding hydrogens is 314 g/mol. The summed E-state index contributed by atoms with van der Waals surface area (Å²) >= 11 is 0. The molecule has 1 aromatic heterocycles. The number of aliphatic hydroxyl groups excluding tert-OH is 1. The molecular formula is C20H21N3O2. The lowest BCUT2D eigenvalue weighted by Gasteiger charge is -2.21. The van der Waals surface area contributed by atoms with Gasteiger partial charge in [-0.1, -0.05) is 48.5 Å². The van der Waals surface area contributed by atoms with Crippen LogP contribution in [0.1, 0.15) is 21.6 Å². The van der Waals surface area contributed by atoms with Crippen molar-refractivity contribution in [2.45, 2.75) is 13.5 Å². The zero-order valence-electron chi connectivity index (χ0n) is 14.2. The molecule has 1 N–H and O–H groups in total. The van der Waals surface area contributed by atoms with Crippen molar-refractivity contribution in [3.63, 3.8) is 0 Å². The van der Waals surface area contributed by atoms with Crippen molar-refractivity contribution in [3.8, 4) is 5.69 Å². The van der Waals surface area contributed by atoms with E-state index >= 15 is 0 Å². The number of aromatic nitrogens is 2. The maximum Gasteiger partial charge on any atom is 0.257 e. The standard InChI is InChI=1S/C20H21N3O2/c1-16-19(15-23(21-16)18-10-6-3-7-11-18)20(25)22(12-13-24)14-17-8-4-2-5-9-17/h2-11,15,24H,12-14H2,1H3. The number of hydrogen-bond donors (Lipinski definition) is 1. The van der Waals surface area contributed by atoms with E-state index in [-0.39, 0.29) is 19.1 Å². The van der Waals surface area contributed by atoms with Crippen LogP contribution in [-0.2, 0) is 6.54 Å². The van der Waals surface area contributed by atoms with Gasteiger partial charge in [-0.3, -0.25) is 4.79 Å². The molecule has 0 saturated heterocycles. The fourth-order valence-corrected chi connectivity index (χ4v) is 2.73. The number of hydrogen-bond acceptors (Lipinski definition) is 3. The van der Waals surface area contributed by atoms with E-state index in [0.717, 1.165) is 11.3 Å². The first-order valence-corrected chi connectivity index (χ1v) is 8.25. The molecule has 2 aromatic carbocycles. The molecule has 0 aliphatic rings. The van der Waals surface area contributed by atoms with Crippen LogP contribution >= 0.6 is 0 Å². The Bertz CT molecular complexity index is 829. The quantitative estimate of drug-likeness (QED) is 0.753. The van der Waals surface area contributed by atoms with E-state index < -0.39 is 0 Å². The maximum atomic E-state index is 13.0. The summed E-state index contributed by atoms with van der Waals surface area (Å²) in [6.07, 6.45) is 1.75. The number of rotatable bonds is 6. The molecule has 3 aromatic rings. The van der Waals surface area contributed by atoms with E-state index in [1.807, 2.05) is 67.6 Å². The van der Waals surface area contributed by atoms with Crippen molar-refractivity contribution < 1.29 is 9.90 Å². The first kappa shape index (κ1) is 16.9. The van der Waals surface area contributed by atoms with Gasteiger partial charge < -0.3 is 10.0 Å². The zero-order chi connectivity index (χ0) is 17.6. The molecule has 0 atom stereocenters. The van der Waals surface area contributed by atoms with E-state index in [4.69, 9.17) is 0 Å². The Balaban J connectivity index is 1.86. The van der Waals surface area contributed by atoms with Gasteiger partial charge in [0, 0.05) is 19.3 Å². The number of carbonyl (C=O) groups excluding carboxylic acids is 1. The number of benzene rings is 2. The van der Waals surface area contributed by atoms with E-state index in [0.29, 0.717) is 17.8 Å². The highest BCUT2D eigenvalue weighted by atomic mass is 16.3. The molecule has 25 heavy (non-hydrogen) atoms. The average molecular weight is 335 g/mol. The van der Waals surface area contributed by atoms with Gasteiger partial charge in [0.25, 0.3) is 5.91 Å². The molecule has 0 aliphatic carbocycles. The predicted octanol–water partition coefficient (Wildman–Crippen LogP) is 2.82. The van der Waals surface area contributed by atoms with E-state index in [9.17, 15) is 9.90 Å². The Kier molecular flexibility index (Phi) is 5.26. The molecule has 0 radical (unpaired) electrons. The fourth-order valence-electron chi connectivity index (χ4n) is 2.73. The molecule has 128 valence electrons. The van der Waals surface area contributed by atoms with Gasteiger partial charge >= 0.3 is 0 Å².